The fourth-order valence-corrected chi connectivity index (χ4v) is 1.39. The minimum Gasteiger partial charge on any atom is -0.382 e. The predicted octanol–water partition coefficient (Wildman–Crippen LogP) is 1.04. The fraction of sp³-hybridized carbons (Fsp3) is 0.333. The molecule has 0 unspecified atom stereocenters. The molecule has 0 saturated carbocycles. The summed E-state index contributed by atoms with van der Waals surface area (Å²) in [4.78, 5) is 0. The topological polar surface area (TPSA) is 32.3 Å². The lowest BCUT2D eigenvalue weighted by atomic mass is 9.88. The molecule has 1 aliphatic rings. The van der Waals surface area contributed by atoms with Gasteiger partial charge in [0.1, 0.15) is 11.4 Å². The van der Waals surface area contributed by atoms with Crippen LogP contribution in [0, 0.1) is 5.82 Å². The smallest absolute Gasteiger partial charge is 0.129 e. The van der Waals surface area contributed by atoms with Crippen LogP contribution < -0.4 is 5.32 Å². The van der Waals surface area contributed by atoms with E-state index in [0.29, 0.717) is 18.7 Å². The first-order chi connectivity index (χ1) is 5.72. The summed E-state index contributed by atoms with van der Waals surface area (Å²) in [6.45, 7) is 0.877. The van der Waals surface area contributed by atoms with Crippen LogP contribution in [-0.2, 0) is 5.60 Å². The first-order valence-corrected chi connectivity index (χ1v) is 3.90. The van der Waals surface area contributed by atoms with Crippen LogP contribution in [0.2, 0.25) is 0 Å². The van der Waals surface area contributed by atoms with Crippen molar-refractivity contribution in [1.82, 2.24) is 5.32 Å². The third kappa shape index (κ3) is 1.68. The van der Waals surface area contributed by atoms with Crippen molar-refractivity contribution in [3.8, 4) is 0 Å². The van der Waals surface area contributed by atoms with Gasteiger partial charge in [0, 0.05) is 18.7 Å². The molecule has 2 N–H and O–H groups in total. The zero-order valence-electron chi connectivity index (χ0n) is 6.96. The van der Waals surface area contributed by atoms with Gasteiger partial charge >= 0.3 is 0 Å². The number of benzene rings is 1. The Labute approximate surface area is 82.2 Å². The molecule has 0 atom stereocenters. The SMILES string of the molecule is Cl.OC1(c2ccccc2F)CNC1. The van der Waals surface area contributed by atoms with E-state index in [4.69, 9.17) is 0 Å². The van der Waals surface area contributed by atoms with E-state index in [1.165, 1.54) is 6.07 Å². The van der Waals surface area contributed by atoms with Crippen LogP contribution in [0.1, 0.15) is 5.56 Å². The molecule has 1 heterocycles. The van der Waals surface area contributed by atoms with Crippen LogP contribution in [0.15, 0.2) is 24.3 Å². The molecule has 72 valence electrons. The minimum absolute atomic E-state index is 0. The predicted molar refractivity (Wildman–Crippen MR) is 50.4 cm³/mol. The van der Waals surface area contributed by atoms with E-state index < -0.39 is 5.60 Å². The summed E-state index contributed by atoms with van der Waals surface area (Å²) in [6.07, 6.45) is 0. The average Bonchev–Trinajstić information content (AvgIpc) is 2.01. The Kier molecular flexibility index (Phi) is 2.91. The van der Waals surface area contributed by atoms with Crippen LogP contribution >= 0.6 is 12.4 Å². The highest BCUT2D eigenvalue weighted by molar-refractivity contribution is 5.85. The van der Waals surface area contributed by atoms with Crippen molar-refractivity contribution < 1.29 is 9.50 Å². The van der Waals surface area contributed by atoms with E-state index in [1.807, 2.05) is 0 Å². The van der Waals surface area contributed by atoms with Gasteiger partial charge in [-0.1, -0.05) is 18.2 Å². The molecule has 2 rings (SSSR count). The maximum Gasteiger partial charge on any atom is 0.129 e. The highest BCUT2D eigenvalue weighted by atomic mass is 35.5. The van der Waals surface area contributed by atoms with Crippen molar-refractivity contribution in [1.29, 1.82) is 0 Å². The van der Waals surface area contributed by atoms with Gasteiger partial charge in [0.2, 0.25) is 0 Å². The van der Waals surface area contributed by atoms with Crippen LogP contribution in [0.3, 0.4) is 0 Å². The van der Waals surface area contributed by atoms with Crippen molar-refractivity contribution in [2.45, 2.75) is 5.60 Å². The normalized spacial score (nSPS) is 18.6. The number of hydrogen-bond acceptors (Lipinski definition) is 2. The molecule has 1 aromatic rings. The zero-order chi connectivity index (χ0) is 8.60. The summed E-state index contributed by atoms with van der Waals surface area (Å²) in [5, 5.41) is 12.7. The van der Waals surface area contributed by atoms with Crippen LogP contribution in [-0.4, -0.2) is 18.2 Å². The molecule has 0 radical (unpaired) electrons. The van der Waals surface area contributed by atoms with Gasteiger partial charge in [0.25, 0.3) is 0 Å². The Morgan fingerprint density at radius 1 is 1.31 bits per heavy atom. The third-order valence-corrected chi connectivity index (χ3v) is 2.21. The molecule has 0 bridgehead atoms. The van der Waals surface area contributed by atoms with Crippen LogP contribution in [0.4, 0.5) is 4.39 Å². The van der Waals surface area contributed by atoms with Gasteiger partial charge in [-0.15, -0.1) is 12.4 Å². The summed E-state index contributed by atoms with van der Waals surface area (Å²) in [7, 11) is 0. The Balaban J connectivity index is 0.000000845. The molecule has 2 nitrogen and oxygen atoms in total. The van der Waals surface area contributed by atoms with E-state index in [2.05, 4.69) is 5.32 Å². The second-order valence-electron chi connectivity index (χ2n) is 3.11. The molecule has 0 amide bonds. The van der Waals surface area contributed by atoms with Crippen molar-refractivity contribution in [3.63, 3.8) is 0 Å². The number of aliphatic hydroxyl groups is 1. The number of β-amino-alcohol motifs (C(OH)–C–C–N with tert-alkyl or cyclic N) is 1. The largest absolute Gasteiger partial charge is 0.382 e. The maximum absolute atomic E-state index is 13.1. The zero-order valence-corrected chi connectivity index (χ0v) is 7.77. The molecular formula is C9H11ClFNO. The lowest BCUT2D eigenvalue weighted by Gasteiger charge is -2.38. The maximum atomic E-state index is 13.1. The molecule has 0 spiro atoms. The molecular weight excluding hydrogens is 193 g/mol. The molecule has 1 saturated heterocycles. The van der Waals surface area contributed by atoms with Gasteiger partial charge in [0.15, 0.2) is 0 Å². The lowest BCUT2D eigenvalue weighted by Crippen LogP contribution is -2.57. The van der Waals surface area contributed by atoms with Crippen LogP contribution in [0.5, 0.6) is 0 Å². The quantitative estimate of drug-likeness (QED) is 0.715. The third-order valence-electron chi connectivity index (χ3n) is 2.21. The first kappa shape index (κ1) is 10.4. The Bertz CT molecular complexity index is 301. The van der Waals surface area contributed by atoms with Crippen molar-refractivity contribution in [2.24, 2.45) is 0 Å². The lowest BCUT2D eigenvalue weighted by molar-refractivity contribution is -0.0176. The second-order valence-corrected chi connectivity index (χ2v) is 3.11. The molecule has 0 aromatic heterocycles. The Morgan fingerprint density at radius 2 is 1.92 bits per heavy atom. The highest BCUT2D eigenvalue weighted by Gasteiger charge is 2.37. The van der Waals surface area contributed by atoms with E-state index in [0.717, 1.165) is 0 Å². The second kappa shape index (κ2) is 3.62. The van der Waals surface area contributed by atoms with Crippen molar-refractivity contribution in [2.75, 3.05) is 13.1 Å². The van der Waals surface area contributed by atoms with Gasteiger partial charge in [0.05, 0.1) is 0 Å². The van der Waals surface area contributed by atoms with Gasteiger partial charge in [-0.3, -0.25) is 0 Å². The van der Waals surface area contributed by atoms with Gasteiger partial charge in [-0.2, -0.15) is 0 Å². The van der Waals surface area contributed by atoms with Gasteiger partial charge in [-0.05, 0) is 6.07 Å². The number of rotatable bonds is 1. The summed E-state index contributed by atoms with van der Waals surface area (Å²) in [5.74, 6) is -0.332. The Hall–Kier alpha value is -0.640. The molecule has 1 aromatic carbocycles. The highest BCUT2D eigenvalue weighted by Crippen LogP contribution is 2.26. The van der Waals surface area contributed by atoms with E-state index in [-0.39, 0.29) is 18.2 Å². The molecule has 4 heteroatoms. The fourth-order valence-electron chi connectivity index (χ4n) is 1.39. The summed E-state index contributed by atoms with van der Waals surface area (Å²) in [5.41, 5.74) is -0.588. The molecule has 1 fully saturated rings. The van der Waals surface area contributed by atoms with E-state index in [1.54, 1.807) is 18.2 Å². The van der Waals surface area contributed by atoms with Crippen LogP contribution in [0.25, 0.3) is 0 Å². The summed E-state index contributed by atoms with van der Waals surface area (Å²) in [6, 6.07) is 6.34. The molecule has 0 aliphatic carbocycles. The summed E-state index contributed by atoms with van der Waals surface area (Å²) >= 11 is 0. The van der Waals surface area contributed by atoms with Crippen molar-refractivity contribution >= 4 is 12.4 Å². The number of hydrogen-bond donors (Lipinski definition) is 2. The minimum atomic E-state index is -0.981. The van der Waals surface area contributed by atoms with E-state index >= 15 is 0 Å². The van der Waals surface area contributed by atoms with Gasteiger partial charge in [-0.25, -0.2) is 4.39 Å². The number of halogens is 2. The molecule has 13 heavy (non-hydrogen) atoms. The summed E-state index contributed by atoms with van der Waals surface area (Å²) < 4.78 is 13.1. The first-order valence-electron chi connectivity index (χ1n) is 3.90. The standard InChI is InChI=1S/C9H10FNO.ClH/c10-8-4-2-1-3-7(8)9(12)5-11-6-9;/h1-4,11-12H,5-6H2;1H. The van der Waals surface area contributed by atoms with E-state index in [9.17, 15) is 9.50 Å². The number of nitrogens with one attached hydrogen (secondary N) is 1. The van der Waals surface area contributed by atoms with Gasteiger partial charge < -0.3 is 10.4 Å². The van der Waals surface area contributed by atoms with Crippen molar-refractivity contribution in [3.05, 3.63) is 35.6 Å². The average molecular weight is 204 g/mol. The molecule has 1 aliphatic heterocycles. The monoisotopic (exact) mass is 203 g/mol. The Morgan fingerprint density at radius 3 is 2.38 bits per heavy atom.